The largest absolute Gasteiger partial charge is 0.493 e. The van der Waals surface area contributed by atoms with E-state index < -0.39 is 5.60 Å². The Morgan fingerprint density at radius 1 is 1.25 bits per heavy atom. The SMILES string of the molecule is CCCOc1ccc(Br)cc1CNCCCNC(=O)OC(C)(C)C. The average molecular weight is 401 g/mol. The molecule has 0 aliphatic heterocycles. The highest BCUT2D eigenvalue weighted by molar-refractivity contribution is 9.10. The highest BCUT2D eigenvalue weighted by Gasteiger charge is 2.15. The lowest BCUT2D eigenvalue weighted by Crippen LogP contribution is -2.33. The number of nitrogens with one attached hydrogen (secondary N) is 2. The smallest absolute Gasteiger partial charge is 0.407 e. The van der Waals surface area contributed by atoms with Gasteiger partial charge in [-0.2, -0.15) is 0 Å². The van der Waals surface area contributed by atoms with Crippen molar-refractivity contribution in [1.29, 1.82) is 0 Å². The van der Waals surface area contributed by atoms with Crippen LogP contribution in [0.2, 0.25) is 0 Å². The van der Waals surface area contributed by atoms with Crippen molar-refractivity contribution in [1.82, 2.24) is 10.6 Å². The van der Waals surface area contributed by atoms with Gasteiger partial charge in [0, 0.05) is 23.1 Å². The number of ether oxygens (including phenoxy) is 2. The number of alkyl carbamates (subject to hydrolysis) is 1. The Hall–Kier alpha value is -1.27. The minimum absolute atomic E-state index is 0.371. The normalized spacial score (nSPS) is 11.2. The van der Waals surface area contributed by atoms with Crippen LogP contribution in [0.5, 0.6) is 5.75 Å². The molecule has 0 fully saturated rings. The van der Waals surface area contributed by atoms with E-state index in [1.54, 1.807) is 0 Å². The number of halogens is 1. The number of rotatable bonds is 9. The second-order valence-corrected chi connectivity index (χ2v) is 7.48. The zero-order valence-electron chi connectivity index (χ0n) is 15.1. The summed E-state index contributed by atoms with van der Waals surface area (Å²) in [6.07, 6.45) is 1.45. The van der Waals surface area contributed by atoms with Gasteiger partial charge in [-0.25, -0.2) is 4.79 Å². The van der Waals surface area contributed by atoms with Crippen molar-refractivity contribution < 1.29 is 14.3 Å². The van der Waals surface area contributed by atoms with Gasteiger partial charge in [-0.05, 0) is 58.4 Å². The van der Waals surface area contributed by atoms with Crippen molar-refractivity contribution in [3.8, 4) is 5.75 Å². The standard InChI is InChI=1S/C18H29BrN2O3/c1-5-11-23-16-8-7-15(19)12-14(16)13-20-9-6-10-21-17(22)24-18(2,3)4/h7-8,12,20H,5-6,9-11,13H2,1-4H3,(H,21,22). The number of hydrogen-bond donors (Lipinski definition) is 2. The first-order valence-corrected chi connectivity index (χ1v) is 9.20. The molecule has 0 radical (unpaired) electrons. The molecule has 24 heavy (non-hydrogen) atoms. The summed E-state index contributed by atoms with van der Waals surface area (Å²) in [6.45, 7) is 10.5. The van der Waals surface area contributed by atoms with E-state index in [4.69, 9.17) is 9.47 Å². The molecule has 0 aliphatic rings. The molecule has 0 saturated carbocycles. The quantitative estimate of drug-likeness (QED) is 0.608. The molecule has 5 nitrogen and oxygen atoms in total. The molecule has 1 amide bonds. The summed E-state index contributed by atoms with van der Waals surface area (Å²) in [5, 5.41) is 6.13. The molecule has 6 heteroatoms. The summed E-state index contributed by atoms with van der Waals surface area (Å²) in [7, 11) is 0. The Labute approximate surface area is 153 Å². The van der Waals surface area contributed by atoms with Gasteiger partial charge in [-0.15, -0.1) is 0 Å². The minimum atomic E-state index is -0.460. The van der Waals surface area contributed by atoms with E-state index in [-0.39, 0.29) is 6.09 Å². The van der Waals surface area contributed by atoms with E-state index in [0.29, 0.717) is 13.2 Å². The molecule has 0 saturated heterocycles. The average Bonchev–Trinajstić information content (AvgIpc) is 2.48. The first kappa shape index (κ1) is 20.8. The molecule has 1 aromatic carbocycles. The van der Waals surface area contributed by atoms with Gasteiger partial charge in [0.15, 0.2) is 0 Å². The van der Waals surface area contributed by atoms with Gasteiger partial charge in [-0.3, -0.25) is 0 Å². The Bertz CT molecular complexity index is 515. The Balaban J connectivity index is 2.28. The molecule has 1 aromatic rings. The number of amides is 1. The van der Waals surface area contributed by atoms with Crippen LogP contribution in [0, 0.1) is 0 Å². The van der Waals surface area contributed by atoms with Gasteiger partial charge in [0.05, 0.1) is 6.61 Å². The second kappa shape index (κ2) is 10.6. The van der Waals surface area contributed by atoms with Crippen LogP contribution in [0.25, 0.3) is 0 Å². The lowest BCUT2D eigenvalue weighted by molar-refractivity contribution is 0.0527. The van der Waals surface area contributed by atoms with Crippen LogP contribution < -0.4 is 15.4 Å². The number of benzene rings is 1. The fraction of sp³-hybridized carbons (Fsp3) is 0.611. The predicted molar refractivity (Wildman–Crippen MR) is 100 cm³/mol. The second-order valence-electron chi connectivity index (χ2n) is 6.56. The van der Waals surface area contributed by atoms with Crippen LogP contribution in [-0.4, -0.2) is 31.4 Å². The molecule has 0 atom stereocenters. The highest BCUT2D eigenvalue weighted by Crippen LogP contribution is 2.23. The molecule has 0 unspecified atom stereocenters. The number of carbonyl (C=O) groups excluding carboxylic acids is 1. The van der Waals surface area contributed by atoms with E-state index in [0.717, 1.165) is 41.7 Å². The van der Waals surface area contributed by atoms with Gasteiger partial charge in [0.2, 0.25) is 0 Å². The van der Waals surface area contributed by atoms with Crippen molar-refractivity contribution in [3.63, 3.8) is 0 Å². The maximum atomic E-state index is 11.5. The molecular weight excluding hydrogens is 372 g/mol. The van der Waals surface area contributed by atoms with Crippen LogP contribution >= 0.6 is 15.9 Å². The molecule has 0 bridgehead atoms. The van der Waals surface area contributed by atoms with Gasteiger partial charge >= 0.3 is 6.09 Å². The van der Waals surface area contributed by atoms with Crippen molar-refractivity contribution >= 4 is 22.0 Å². The summed E-state index contributed by atoms with van der Waals surface area (Å²) in [6, 6.07) is 6.04. The van der Waals surface area contributed by atoms with Crippen LogP contribution in [0.15, 0.2) is 22.7 Å². The van der Waals surface area contributed by atoms with Crippen LogP contribution in [0.1, 0.15) is 46.1 Å². The van der Waals surface area contributed by atoms with Crippen molar-refractivity contribution in [2.24, 2.45) is 0 Å². The maximum Gasteiger partial charge on any atom is 0.407 e. The van der Waals surface area contributed by atoms with Crippen LogP contribution in [-0.2, 0) is 11.3 Å². The van der Waals surface area contributed by atoms with E-state index in [1.165, 1.54) is 0 Å². The third-order valence-electron chi connectivity index (χ3n) is 3.00. The Morgan fingerprint density at radius 2 is 2.00 bits per heavy atom. The van der Waals surface area contributed by atoms with E-state index in [1.807, 2.05) is 32.9 Å². The molecule has 1 rings (SSSR count). The number of hydrogen-bond acceptors (Lipinski definition) is 4. The van der Waals surface area contributed by atoms with Crippen LogP contribution in [0.3, 0.4) is 0 Å². The zero-order chi connectivity index (χ0) is 18.0. The maximum absolute atomic E-state index is 11.5. The third-order valence-corrected chi connectivity index (χ3v) is 3.49. The monoisotopic (exact) mass is 400 g/mol. The molecular formula is C18H29BrN2O3. The van der Waals surface area contributed by atoms with Crippen molar-refractivity contribution in [3.05, 3.63) is 28.2 Å². The van der Waals surface area contributed by atoms with E-state index in [2.05, 4.69) is 39.6 Å². The van der Waals surface area contributed by atoms with Gasteiger partial charge in [0.1, 0.15) is 11.4 Å². The van der Waals surface area contributed by atoms with Gasteiger partial charge in [0.25, 0.3) is 0 Å². The summed E-state index contributed by atoms with van der Waals surface area (Å²) in [5.41, 5.74) is 0.663. The molecule has 0 spiro atoms. The molecule has 2 N–H and O–H groups in total. The third kappa shape index (κ3) is 9.13. The topological polar surface area (TPSA) is 59.6 Å². The van der Waals surface area contributed by atoms with Gasteiger partial charge < -0.3 is 20.1 Å². The summed E-state index contributed by atoms with van der Waals surface area (Å²) in [4.78, 5) is 11.5. The van der Waals surface area contributed by atoms with E-state index in [9.17, 15) is 4.79 Å². The predicted octanol–water partition coefficient (Wildman–Crippen LogP) is 4.24. The summed E-state index contributed by atoms with van der Waals surface area (Å²) in [5.74, 6) is 0.916. The lowest BCUT2D eigenvalue weighted by Gasteiger charge is -2.19. The zero-order valence-corrected chi connectivity index (χ0v) is 16.7. The highest BCUT2D eigenvalue weighted by atomic mass is 79.9. The first-order chi connectivity index (χ1) is 11.3. The fourth-order valence-corrected chi connectivity index (χ4v) is 2.39. The Morgan fingerprint density at radius 3 is 2.67 bits per heavy atom. The minimum Gasteiger partial charge on any atom is -0.493 e. The van der Waals surface area contributed by atoms with Crippen LogP contribution in [0.4, 0.5) is 4.79 Å². The first-order valence-electron chi connectivity index (χ1n) is 8.40. The molecule has 0 aliphatic carbocycles. The number of carbonyl (C=O) groups is 1. The van der Waals surface area contributed by atoms with Gasteiger partial charge in [-0.1, -0.05) is 22.9 Å². The van der Waals surface area contributed by atoms with Crippen molar-refractivity contribution in [2.45, 2.75) is 52.7 Å². The fourth-order valence-electron chi connectivity index (χ4n) is 1.98. The van der Waals surface area contributed by atoms with Crippen molar-refractivity contribution in [2.75, 3.05) is 19.7 Å². The molecule has 136 valence electrons. The van der Waals surface area contributed by atoms with E-state index >= 15 is 0 Å². The lowest BCUT2D eigenvalue weighted by atomic mass is 10.2. The Kier molecular flexibility index (Phi) is 9.14. The molecule has 0 aromatic heterocycles. The molecule has 0 heterocycles. The summed E-state index contributed by atoms with van der Waals surface area (Å²) < 4.78 is 12.0. The summed E-state index contributed by atoms with van der Waals surface area (Å²) >= 11 is 3.49.